The molecule has 0 saturated heterocycles. The fourth-order valence-corrected chi connectivity index (χ4v) is 9.26. The second kappa shape index (κ2) is 9.28. The first-order valence-electron chi connectivity index (χ1n) is 11.7. The highest BCUT2D eigenvalue weighted by Gasteiger charge is 2.44. The molecular formula is C30H26O2S2+2. The summed E-state index contributed by atoms with van der Waals surface area (Å²) >= 11 is 0. The highest BCUT2D eigenvalue weighted by Crippen LogP contribution is 2.50. The molecule has 2 aliphatic heterocycles. The van der Waals surface area contributed by atoms with Crippen LogP contribution in [0.3, 0.4) is 0 Å². The molecule has 0 aliphatic carbocycles. The van der Waals surface area contributed by atoms with E-state index in [-0.39, 0.29) is 21.8 Å². The molecule has 4 aromatic carbocycles. The van der Waals surface area contributed by atoms with Crippen LogP contribution < -0.4 is 9.47 Å². The highest BCUT2D eigenvalue weighted by molar-refractivity contribution is 8.04. The number of ether oxygens (including phenoxy) is 2. The Labute approximate surface area is 207 Å². The van der Waals surface area contributed by atoms with E-state index in [1.165, 1.54) is 30.9 Å². The van der Waals surface area contributed by atoms with E-state index in [9.17, 15) is 0 Å². The Morgan fingerprint density at radius 1 is 0.618 bits per heavy atom. The average molecular weight is 483 g/mol. The molecule has 0 amide bonds. The lowest BCUT2D eigenvalue weighted by Crippen LogP contribution is -2.16. The minimum atomic E-state index is -0.204. The van der Waals surface area contributed by atoms with Crippen molar-refractivity contribution in [3.05, 3.63) is 107 Å². The summed E-state index contributed by atoms with van der Waals surface area (Å²) in [6.45, 7) is 2.27. The van der Waals surface area contributed by atoms with Crippen molar-refractivity contribution in [2.45, 2.75) is 45.8 Å². The van der Waals surface area contributed by atoms with E-state index < -0.39 is 0 Å². The smallest absolute Gasteiger partial charge is 0.208 e. The molecule has 2 aliphatic rings. The molecule has 168 valence electrons. The van der Waals surface area contributed by atoms with E-state index in [0.29, 0.717) is 0 Å². The van der Waals surface area contributed by atoms with Gasteiger partial charge in [-0.05, 0) is 55.0 Å². The third-order valence-electron chi connectivity index (χ3n) is 6.04. The predicted octanol–water partition coefficient (Wildman–Crippen LogP) is 8.70. The summed E-state index contributed by atoms with van der Waals surface area (Å²) in [4.78, 5) is 6.56. The summed E-state index contributed by atoms with van der Waals surface area (Å²) < 4.78 is 12.6. The van der Waals surface area contributed by atoms with Gasteiger partial charge in [0.1, 0.15) is 21.8 Å². The molecule has 0 saturated carbocycles. The van der Waals surface area contributed by atoms with E-state index in [1.54, 1.807) is 0 Å². The molecule has 4 aromatic rings. The fourth-order valence-electron chi connectivity index (χ4n) is 4.41. The van der Waals surface area contributed by atoms with Gasteiger partial charge < -0.3 is 9.47 Å². The fraction of sp³-hybridized carbons (Fsp3) is 0.133. The van der Waals surface area contributed by atoms with E-state index >= 15 is 0 Å². The second-order valence-corrected chi connectivity index (χ2v) is 12.1. The Hall–Kier alpha value is -3.08. The van der Waals surface area contributed by atoms with Crippen LogP contribution in [0, 0.1) is 0 Å². The van der Waals surface area contributed by atoms with Crippen molar-refractivity contribution < 1.29 is 9.47 Å². The zero-order chi connectivity index (χ0) is 22.9. The molecule has 2 nitrogen and oxygen atoms in total. The molecule has 0 atom stereocenters. The van der Waals surface area contributed by atoms with Gasteiger partial charge in [-0.3, -0.25) is 0 Å². The number of para-hydroxylation sites is 4. The van der Waals surface area contributed by atoms with Crippen LogP contribution in [-0.4, -0.2) is 0 Å². The Kier molecular flexibility index (Phi) is 5.86. The van der Waals surface area contributed by atoms with Crippen LogP contribution in [0.25, 0.3) is 0 Å². The number of rotatable bonds is 5. The van der Waals surface area contributed by atoms with Crippen LogP contribution in [0.15, 0.2) is 127 Å². The Balaban J connectivity index is 1.55. The number of benzene rings is 4. The normalized spacial score (nSPS) is 14.8. The van der Waals surface area contributed by atoms with Gasteiger partial charge in [-0.1, -0.05) is 61.9 Å². The molecular weight excluding hydrogens is 456 g/mol. The van der Waals surface area contributed by atoms with E-state index in [2.05, 4.69) is 109 Å². The molecule has 0 bridgehead atoms. The maximum atomic E-state index is 6.33. The lowest BCUT2D eigenvalue weighted by molar-refractivity contribution is 0.452. The standard InChI is InChI=1S/C30H26O2S2/c1-2-3-12-22(34-29-19-10-6-15-25(29)32-26-16-7-11-20-30(26)34)21-33-27-17-8-4-13-23(27)31-24-14-5-9-18-28(24)33/h4-11,13-21H,2-3,12H2,1H3/q+2/b22-21+. The van der Waals surface area contributed by atoms with Crippen LogP contribution in [0.2, 0.25) is 0 Å². The Morgan fingerprint density at radius 2 is 1.03 bits per heavy atom. The van der Waals surface area contributed by atoms with Crippen molar-refractivity contribution >= 4 is 21.8 Å². The quantitative estimate of drug-likeness (QED) is 0.265. The molecule has 0 spiro atoms. The van der Waals surface area contributed by atoms with Crippen molar-refractivity contribution in [3.63, 3.8) is 0 Å². The van der Waals surface area contributed by atoms with Gasteiger partial charge in [0.2, 0.25) is 19.6 Å². The van der Waals surface area contributed by atoms with Crippen LogP contribution in [0.5, 0.6) is 23.0 Å². The molecule has 0 aromatic heterocycles. The zero-order valence-corrected chi connectivity index (χ0v) is 20.7. The topological polar surface area (TPSA) is 18.5 Å². The molecule has 0 radical (unpaired) electrons. The number of hydrogen-bond acceptors (Lipinski definition) is 2. The summed E-state index contributed by atoms with van der Waals surface area (Å²) in [5.41, 5.74) is 0. The van der Waals surface area contributed by atoms with Gasteiger partial charge in [0, 0.05) is 6.42 Å². The molecule has 0 fully saturated rings. The molecule has 4 heteroatoms. The number of fused-ring (bicyclic) bond motifs is 4. The van der Waals surface area contributed by atoms with Gasteiger partial charge in [0.05, 0.1) is 0 Å². The average Bonchev–Trinajstić information content (AvgIpc) is 2.89. The van der Waals surface area contributed by atoms with Gasteiger partial charge >= 0.3 is 0 Å². The lowest BCUT2D eigenvalue weighted by Gasteiger charge is -2.21. The molecule has 6 rings (SSSR count). The van der Waals surface area contributed by atoms with Crippen molar-refractivity contribution in [1.29, 1.82) is 0 Å². The summed E-state index contributed by atoms with van der Waals surface area (Å²) in [7, 11) is -0.391. The first-order valence-corrected chi connectivity index (χ1v) is 14.2. The molecule has 0 unspecified atom stereocenters. The van der Waals surface area contributed by atoms with E-state index in [4.69, 9.17) is 9.47 Å². The minimum Gasteiger partial charge on any atom is -0.447 e. The SMILES string of the molecule is CCCC/C(=C\[S+]1c2ccccc2Oc2ccccc21)[S+]1c2ccccc2Oc2ccccc21. The van der Waals surface area contributed by atoms with Gasteiger partial charge in [0.25, 0.3) is 0 Å². The summed E-state index contributed by atoms with van der Waals surface area (Å²) in [5.74, 6) is 3.88. The predicted molar refractivity (Wildman–Crippen MR) is 141 cm³/mol. The van der Waals surface area contributed by atoms with Crippen LogP contribution in [0.1, 0.15) is 26.2 Å². The maximum absolute atomic E-state index is 6.33. The maximum Gasteiger partial charge on any atom is 0.208 e. The van der Waals surface area contributed by atoms with Gasteiger partial charge in [-0.15, -0.1) is 0 Å². The zero-order valence-electron chi connectivity index (χ0n) is 19.1. The van der Waals surface area contributed by atoms with Gasteiger partial charge in [-0.2, -0.15) is 0 Å². The summed E-state index contributed by atoms with van der Waals surface area (Å²) in [5, 5.41) is 2.55. The van der Waals surface area contributed by atoms with Crippen LogP contribution in [-0.2, 0) is 21.8 Å². The van der Waals surface area contributed by atoms with Crippen molar-refractivity contribution in [2.24, 2.45) is 0 Å². The summed E-state index contributed by atoms with van der Waals surface area (Å²) in [6.07, 6.45) is 3.40. The van der Waals surface area contributed by atoms with Crippen molar-refractivity contribution in [2.75, 3.05) is 0 Å². The van der Waals surface area contributed by atoms with Crippen LogP contribution in [0.4, 0.5) is 0 Å². The highest BCUT2D eigenvalue weighted by atomic mass is 32.2. The monoisotopic (exact) mass is 482 g/mol. The van der Waals surface area contributed by atoms with Gasteiger partial charge in [0.15, 0.2) is 33.3 Å². The summed E-state index contributed by atoms with van der Waals surface area (Å²) in [6, 6.07) is 34.1. The van der Waals surface area contributed by atoms with E-state index in [1.807, 2.05) is 0 Å². The third-order valence-corrected chi connectivity index (χ3v) is 10.7. The Morgan fingerprint density at radius 3 is 1.50 bits per heavy atom. The molecule has 34 heavy (non-hydrogen) atoms. The minimum absolute atomic E-state index is 0.187. The number of hydrogen-bond donors (Lipinski definition) is 0. The molecule has 2 heterocycles. The van der Waals surface area contributed by atoms with Crippen molar-refractivity contribution in [1.82, 2.24) is 0 Å². The molecule has 0 N–H and O–H groups in total. The lowest BCUT2D eigenvalue weighted by atomic mass is 10.2. The first-order chi connectivity index (χ1) is 16.8. The largest absolute Gasteiger partial charge is 0.447 e. The van der Waals surface area contributed by atoms with E-state index in [0.717, 1.165) is 35.8 Å². The Bertz CT molecular complexity index is 1290. The van der Waals surface area contributed by atoms with Crippen molar-refractivity contribution in [3.8, 4) is 23.0 Å². The second-order valence-electron chi connectivity index (χ2n) is 8.32. The third kappa shape index (κ3) is 3.81. The van der Waals surface area contributed by atoms with Gasteiger partial charge in [-0.25, -0.2) is 0 Å². The first kappa shape index (κ1) is 21.5. The number of allylic oxidation sites excluding steroid dienone is 1. The van der Waals surface area contributed by atoms with Crippen LogP contribution >= 0.6 is 0 Å². The number of unbranched alkanes of at least 4 members (excludes halogenated alkanes) is 1.